The molecule has 0 aliphatic rings. The van der Waals surface area contributed by atoms with Crippen LogP contribution in [0.1, 0.15) is 30.6 Å². The van der Waals surface area contributed by atoms with E-state index in [1.54, 1.807) is 19.1 Å². The summed E-state index contributed by atoms with van der Waals surface area (Å²) in [5.74, 6) is -0.0125. The monoisotopic (exact) mass is 396 g/mol. The maximum Gasteiger partial charge on any atom is 0.259 e. The minimum Gasteiger partial charge on any atom is -0.496 e. The molecule has 0 aromatic heterocycles. The van der Waals surface area contributed by atoms with E-state index < -0.39 is 15.9 Å². The molecule has 0 bridgehead atoms. The summed E-state index contributed by atoms with van der Waals surface area (Å²) in [6.45, 7) is 3.69. The number of sulfonamides is 1. The fourth-order valence-electron chi connectivity index (χ4n) is 2.19. The molecule has 1 atom stereocenters. The first kappa shape index (κ1) is 20.2. The number of benzene rings is 2. The molecule has 0 aliphatic heterocycles. The highest BCUT2D eigenvalue weighted by Gasteiger charge is 2.17. The zero-order valence-electron chi connectivity index (χ0n) is 14.7. The molecule has 140 valence electrons. The number of rotatable bonds is 7. The molecule has 6 nitrogen and oxygen atoms in total. The van der Waals surface area contributed by atoms with Gasteiger partial charge in [0.1, 0.15) is 5.75 Å². The van der Waals surface area contributed by atoms with Crippen LogP contribution in [0.15, 0.2) is 47.4 Å². The molecule has 2 aromatic rings. The maximum absolute atomic E-state index is 12.4. The van der Waals surface area contributed by atoms with Crippen LogP contribution in [0.2, 0.25) is 5.02 Å². The normalized spacial score (nSPS) is 12.5. The van der Waals surface area contributed by atoms with E-state index in [-0.39, 0.29) is 16.5 Å². The first-order valence-corrected chi connectivity index (χ1v) is 9.90. The highest BCUT2D eigenvalue weighted by Crippen LogP contribution is 2.24. The number of ether oxygens (including phenoxy) is 1. The van der Waals surface area contributed by atoms with Crippen LogP contribution in [-0.2, 0) is 10.0 Å². The summed E-state index contributed by atoms with van der Waals surface area (Å²) >= 11 is 5.94. The van der Waals surface area contributed by atoms with Crippen molar-refractivity contribution in [2.75, 3.05) is 12.4 Å². The summed E-state index contributed by atoms with van der Waals surface area (Å²) in [6, 6.07) is 10.5. The molecule has 0 fully saturated rings. The van der Waals surface area contributed by atoms with Crippen LogP contribution in [0, 0.1) is 0 Å². The van der Waals surface area contributed by atoms with E-state index in [0.717, 1.165) is 0 Å². The highest BCUT2D eigenvalue weighted by molar-refractivity contribution is 7.89. The Bertz CT molecular complexity index is 883. The van der Waals surface area contributed by atoms with Crippen molar-refractivity contribution in [1.29, 1.82) is 0 Å². The third kappa shape index (κ3) is 4.97. The summed E-state index contributed by atoms with van der Waals surface area (Å²) in [6.07, 6.45) is 0.689. The lowest BCUT2D eigenvalue weighted by atomic mass is 10.2. The molecule has 26 heavy (non-hydrogen) atoms. The number of hydrogen-bond acceptors (Lipinski definition) is 4. The van der Waals surface area contributed by atoms with Gasteiger partial charge in [0.05, 0.1) is 17.6 Å². The second-order valence-electron chi connectivity index (χ2n) is 5.75. The molecule has 0 radical (unpaired) electrons. The summed E-state index contributed by atoms with van der Waals surface area (Å²) in [5, 5.41) is 3.11. The Hall–Kier alpha value is -2.09. The molecular weight excluding hydrogens is 376 g/mol. The van der Waals surface area contributed by atoms with Gasteiger partial charge in [-0.05, 0) is 55.8 Å². The van der Waals surface area contributed by atoms with Gasteiger partial charge in [0.15, 0.2) is 0 Å². The number of nitrogens with one attached hydrogen (secondary N) is 2. The molecule has 2 rings (SSSR count). The Morgan fingerprint density at radius 2 is 1.85 bits per heavy atom. The first-order valence-electron chi connectivity index (χ1n) is 8.04. The minimum atomic E-state index is -3.59. The summed E-state index contributed by atoms with van der Waals surface area (Å²) in [7, 11) is -2.12. The predicted octanol–water partition coefficient (Wildman–Crippen LogP) is 3.68. The largest absolute Gasteiger partial charge is 0.496 e. The molecule has 0 spiro atoms. The SMILES string of the molecule is CC[C@@H](C)NS(=O)(=O)c1ccc(NC(=O)c2cc(Cl)ccc2OC)cc1. The molecular formula is C18H21ClN2O4S. The van der Waals surface area contributed by atoms with Gasteiger partial charge in [0.25, 0.3) is 5.91 Å². The second kappa shape index (κ2) is 8.53. The van der Waals surface area contributed by atoms with Gasteiger partial charge in [-0.3, -0.25) is 4.79 Å². The van der Waals surface area contributed by atoms with E-state index in [1.807, 2.05) is 6.92 Å². The van der Waals surface area contributed by atoms with Gasteiger partial charge in [-0.2, -0.15) is 0 Å². The summed E-state index contributed by atoms with van der Waals surface area (Å²) in [5.41, 5.74) is 0.745. The van der Waals surface area contributed by atoms with Crippen molar-refractivity contribution in [2.24, 2.45) is 0 Å². The second-order valence-corrected chi connectivity index (χ2v) is 7.90. The lowest BCUT2D eigenvalue weighted by molar-refractivity contribution is 0.102. The van der Waals surface area contributed by atoms with Gasteiger partial charge in [-0.1, -0.05) is 18.5 Å². The Morgan fingerprint density at radius 3 is 2.42 bits per heavy atom. The van der Waals surface area contributed by atoms with Crippen molar-refractivity contribution in [3.63, 3.8) is 0 Å². The minimum absolute atomic E-state index is 0.135. The number of carbonyl (C=O) groups is 1. The highest BCUT2D eigenvalue weighted by atomic mass is 35.5. The lowest BCUT2D eigenvalue weighted by Crippen LogP contribution is -2.31. The molecule has 0 unspecified atom stereocenters. The molecule has 2 aromatic carbocycles. The molecule has 2 N–H and O–H groups in total. The Labute approximate surface area is 158 Å². The van der Waals surface area contributed by atoms with Gasteiger partial charge < -0.3 is 10.1 Å². The smallest absolute Gasteiger partial charge is 0.259 e. The van der Waals surface area contributed by atoms with Crippen molar-refractivity contribution >= 4 is 33.2 Å². The van der Waals surface area contributed by atoms with E-state index in [9.17, 15) is 13.2 Å². The third-order valence-electron chi connectivity index (χ3n) is 3.80. The van der Waals surface area contributed by atoms with E-state index in [0.29, 0.717) is 22.9 Å². The third-order valence-corrected chi connectivity index (χ3v) is 5.64. The first-order chi connectivity index (χ1) is 12.3. The summed E-state index contributed by atoms with van der Waals surface area (Å²) in [4.78, 5) is 12.6. The van der Waals surface area contributed by atoms with E-state index in [4.69, 9.17) is 16.3 Å². The van der Waals surface area contributed by atoms with E-state index >= 15 is 0 Å². The van der Waals surface area contributed by atoms with Crippen LogP contribution in [0.3, 0.4) is 0 Å². The molecule has 1 amide bonds. The standard InChI is InChI=1S/C18H21ClN2O4S/c1-4-12(2)21-26(23,24)15-8-6-14(7-9-15)20-18(22)16-11-13(19)5-10-17(16)25-3/h5-12,21H,4H2,1-3H3,(H,20,22)/t12-/m1/s1. The number of amides is 1. The van der Waals surface area contributed by atoms with Gasteiger partial charge in [-0.25, -0.2) is 13.1 Å². The van der Waals surface area contributed by atoms with E-state index in [2.05, 4.69) is 10.0 Å². The molecule has 8 heteroatoms. The number of methoxy groups -OCH3 is 1. The molecule has 0 aliphatic carbocycles. The van der Waals surface area contributed by atoms with Crippen LogP contribution >= 0.6 is 11.6 Å². The van der Waals surface area contributed by atoms with Crippen LogP contribution in [0.5, 0.6) is 5.75 Å². The van der Waals surface area contributed by atoms with Crippen LogP contribution in [0.25, 0.3) is 0 Å². The number of halogens is 1. The lowest BCUT2D eigenvalue weighted by Gasteiger charge is -2.13. The van der Waals surface area contributed by atoms with Crippen molar-refractivity contribution in [1.82, 2.24) is 4.72 Å². The van der Waals surface area contributed by atoms with E-state index in [1.165, 1.54) is 37.4 Å². The molecule has 0 saturated carbocycles. The van der Waals surface area contributed by atoms with Crippen molar-refractivity contribution in [3.8, 4) is 5.75 Å². The Morgan fingerprint density at radius 1 is 1.19 bits per heavy atom. The average molecular weight is 397 g/mol. The number of anilines is 1. The number of hydrogen-bond donors (Lipinski definition) is 2. The molecule has 0 heterocycles. The average Bonchev–Trinajstić information content (AvgIpc) is 2.61. The van der Waals surface area contributed by atoms with Gasteiger partial charge in [0.2, 0.25) is 10.0 Å². The van der Waals surface area contributed by atoms with Crippen molar-refractivity contribution in [2.45, 2.75) is 31.2 Å². The van der Waals surface area contributed by atoms with Gasteiger partial charge in [0, 0.05) is 16.8 Å². The van der Waals surface area contributed by atoms with Crippen LogP contribution in [-0.4, -0.2) is 27.5 Å². The van der Waals surface area contributed by atoms with Gasteiger partial charge >= 0.3 is 0 Å². The quantitative estimate of drug-likeness (QED) is 0.747. The van der Waals surface area contributed by atoms with Crippen LogP contribution < -0.4 is 14.8 Å². The van der Waals surface area contributed by atoms with Crippen molar-refractivity contribution < 1.29 is 17.9 Å². The summed E-state index contributed by atoms with van der Waals surface area (Å²) < 4.78 is 32.2. The Balaban J connectivity index is 2.17. The number of carbonyl (C=O) groups excluding carboxylic acids is 1. The zero-order chi connectivity index (χ0) is 19.3. The Kier molecular flexibility index (Phi) is 6.63. The zero-order valence-corrected chi connectivity index (χ0v) is 16.3. The maximum atomic E-state index is 12.4. The topological polar surface area (TPSA) is 84.5 Å². The van der Waals surface area contributed by atoms with Crippen molar-refractivity contribution in [3.05, 3.63) is 53.1 Å². The molecule has 0 saturated heterocycles. The van der Waals surface area contributed by atoms with Crippen LogP contribution in [0.4, 0.5) is 5.69 Å². The van der Waals surface area contributed by atoms with Gasteiger partial charge in [-0.15, -0.1) is 0 Å². The fourth-order valence-corrected chi connectivity index (χ4v) is 3.69. The fraction of sp³-hybridized carbons (Fsp3) is 0.278. The predicted molar refractivity (Wildman–Crippen MR) is 102 cm³/mol.